The minimum absolute atomic E-state index is 1.12. The van der Waals surface area contributed by atoms with E-state index >= 15 is 0 Å². The van der Waals surface area contributed by atoms with Crippen LogP contribution in [0.15, 0.2) is 176 Å². The van der Waals surface area contributed by atoms with E-state index in [4.69, 9.17) is 0 Å². The maximum Gasteiger partial charge on any atom is 0.0540 e. The van der Waals surface area contributed by atoms with Gasteiger partial charge in [0.15, 0.2) is 0 Å². The number of nitrogens with zero attached hydrogens (tertiary/aromatic N) is 1. The number of hydrogen-bond donors (Lipinski definition) is 0. The van der Waals surface area contributed by atoms with E-state index in [0.29, 0.717) is 0 Å². The summed E-state index contributed by atoms with van der Waals surface area (Å²) in [7, 11) is 0. The van der Waals surface area contributed by atoms with Crippen molar-refractivity contribution in [3.63, 3.8) is 0 Å². The van der Waals surface area contributed by atoms with Gasteiger partial charge < -0.3 is 4.90 Å². The molecule has 0 radical (unpaired) electrons. The lowest BCUT2D eigenvalue weighted by molar-refractivity contribution is 1.30. The van der Waals surface area contributed by atoms with E-state index in [9.17, 15) is 0 Å². The Morgan fingerprint density at radius 2 is 0.978 bits per heavy atom. The first-order valence-electron chi connectivity index (χ1n) is 15.7. The molecule has 0 unspecified atom stereocenters. The highest BCUT2D eigenvalue weighted by Crippen LogP contribution is 2.45. The second kappa shape index (κ2) is 11.0. The number of fused-ring (bicyclic) bond motifs is 6. The fourth-order valence-electron chi connectivity index (χ4n) is 6.77. The third-order valence-electron chi connectivity index (χ3n) is 9.04. The van der Waals surface area contributed by atoms with Crippen LogP contribution in [0, 0.1) is 0 Å². The fraction of sp³-hybridized carbons (Fsp3) is 0. The summed E-state index contributed by atoms with van der Waals surface area (Å²) in [6.07, 6.45) is 0. The van der Waals surface area contributed by atoms with Crippen LogP contribution >= 0.6 is 11.3 Å². The van der Waals surface area contributed by atoms with Crippen LogP contribution in [-0.4, -0.2) is 0 Å². The maximum absolute atomic E-state index is 2.42. The highest BCUT2D eigenvalue weighted by atomic mass is 32.1. The summed E-state index contributed by atoms with van der Waals surface area (Å²) in [6.45, 7) is 0. The molecule has 0 spiro atoms. The molecule has 1 heterocycles. The molecule has 0 aliphatic heterocycles. The van der Waals surface area contributed by atoms with Crippen LogP contribution in [0.2, 0.25) is 0 Å². The third kappa shape index (κ3) is 4.54. The zero-order valence-corrected chi connectivity index (χ0v) is 25.9. The molecule has 46 heavy (non-hydrogen) atoms. The molecule has 0 bridgehead atoms. The van der Waals surface area contributed by atoms with Crippen molar-refractivity contribution in [2.75, 3.05) is 4.90 Å². The van der Waals surface area contributed by atoms with Gasteiger partial charge in [-0.25, -0.2) is 0 Å². The Balaban J connectivity index is 1.24. The lowest BCUT2D eigenvalue weighted by atomic mass is 9.99. The molecule has 0 amide bonds. The number of benzene rings is 8. The SMILES string of the molecule is c1ccc(-c2ccc(N(c3cccc(-c4ccc5ccccc5c4)c3)c3cccc4c3ccc3c5ccccc5sc43)cc2)cc1. The van der Waals surface area contributed by atoms with Crippen LogP contribution in [0.4, 0.5) is 17.1 Å². The van der Waals surface area contributed by atoms with Crippen molar-refractivity contribution >= 4 is 70.1 Å². The van der Waals surface area contributed by atoms with E-state index < -0.39 is 0 Å². The molecular formula is C44H29NS. The predicted octanol–water partition coefficient (Wildman–Crippen LogP) is 13.2. The summed E-state index contributed by atoms with van der Waals surface area (Å²) in [4.78, 5) is 2.42. The van der Waals surface area contributed by atoms with Crippen LogP contribution in [0.3, 0.4) is 0 Å². The summed E-state index contributed by atoms with van der Waals surface area (Å²) in [5.41, 5.74) is 8.25. The van der Waals surface area contributed by atoms with E-state index in [-0.39, 0.29) is 0 Å². The minimum atomic E-state index is 1.12. The summed E-state index contributed by atoms with van der Waals surface area (Å²) >= 11 is 1.88. The van der Waals surface area contributed by atoms with Gasteiger partial charge in [-0.1, -0.05) is 133 Å². The lowest BCUT2D eigenvalue weighted by Crippen LogP contribution is -2.10. The molecule has 0 aliphatic carbocycles. The van der Waals surface area contributed by atoms with Gasteiger partial charge >= 0.3 is 0 Å². The molecule has 0 N–H and O–H groups in total. The van der Waals surface area contributed by atoms with Crippen molar-refractivity contribution in [1.29, 1.82) is 0 Å². The second-order valence-corrected chi connectivity index (χ2v) is 12.8. The van der Waals surface area contributed by atoms with Gasteiger partial charge in [-0.3, -0.25) is 0 Å². The first-order valence-corrected chi connectivity index (χ1v) is 16.5. The van der Waals surface area contributed by atoms with Gasteiger partial charge in [0.2, 0.25) is 0 Å². The molecule has 0 saturated carbocycles. The summed E-state index contributed by atoms with van der Waals surface area (Å²) in [6, 6.07) is 63.9. The Kier molecular flexibility index (Phi) is 6.40. The molecule has 9 aromatic rings. The average Bonchev–Trinajstić information content (AvgIpc) is 3.52. The summed E-state index contributed by atoms with van der Waals surface area (Å²) < 4.78 is 2.66. The lowest BCUT2D eigenvalue weighted by Gasteiger charge is -2.27. The maximum atomic E-state index is 2.42. The van der Waals surface area contributed by atoms with E-state index in [0.717, 1.165) is 11.4 Å². The molecule has 8 aromatic carbocycles. The van der Waals surface area contributed by atoms with Gasteiger partial charge in [0.25, 0.3) is 0 Å². The Morgan fingerprint density at radius 1 is 0.348 bits per heavy atom. The number of anilines is 3. The Morgan fingerprint density at radius 3 is 1.87 bits per heavy atom. The molecule has 0 fully saturated rings. The van der Waals surface area contributed by atoms with Gasteiger partial charge in [0.1, 0.15) is 0 Å². The van der Waals surface area contributed by atoms with Gasteiger partial charge in [-0.05, 0) is 75.5 Å². The first kappa shape index (κ1) is 26.7. The van der Waals surface area contributed by atoms with E-state index in [1.165, 1.54) is 69.7 Å². The molecule has 0 atom stereocenters. The topological polar surface area (TPSA) is 3.24 Å². The molecule has 9 rings (SSSR count). The molecule has 2 heteroatoms. The molecule has 1 nitrogen and oxygen atoms in total. The van der Waals surface area contributed by atoms with E-state index in [1.54, 1.807) is 0 Å². The molecule has 0 aliphatic rings. The Bertz CT molecular complexity index is 2530. The van der Waals surface area contributed by atoms with Crippen molar-refractivity contribution in [3.8, 4) is 22.3 Å². The fourth-order valence-corrected chi connectivity index (χ4v) is 8.00. The van der Waals surface area contributed by atoms with E-state index in [2.05, 4.69) is 181 Å². The van der Waals surface area contributed by atoms with Crippen molar-refractivity contribution in [1.82, 2.24) is 0 Å². The molecule has 216 valence electrons. The summed E-state index contributed by atoms with van der Waals surface area (Å²) in [5, 5.41) is 7.68. The number of thiophene rings is 1. The summed E-state index contributed by atoms with van der Waals surface area (Å²) in [5.74, 6) is 0. The monoisotopic (exact) mass is 603 g/mol. The Labute approximate surface area is 272 Å². The van der Waals surface area contributed by atoms with E-state index in [1.807, 2.05) is 11.3 Å². The van der Waals surface area contributed by atoms with Gasteiger partial charge in [0.05, 0.1) is 5.69 Å². The van der Waals surface area contributed by atoms with Crippen molar-refractivity contribution in [2.45, 2.75) is 0 Å². The van der Waals surface area contributed by atoms with Crippen molar-refractivity contribution in [2.24, 2.45) is 0 Å². The largest absolute Gasteiger partial charge is 0.310 e. The Hall–Kier alpha value is -5.70. The second-order valence-electron chi connectivity index (χ2n) is 11.8. The quantitative estimate of drug-likeness (QED) is 0.189. The first-order chi connectivity index (χ1) is 22.8. The van der Waals surface area contributed by atoms with Gasteiger partial charge in [-0.2, -0.15) is 0 Å². The third-order valence-corrected chi connectivity index (χ3v) is 10.3. The smallest absolute Gasteiger partial charge is 0.0540 e. The molecule has 0 saturated heterocycles. The highest BCUT2D eigenvalue weighted by molar-refractivity contribution is 7.26. The molecular weight excluding hydrogens is 575 g/mol. The normalized spacial score (nSPS) is 11.5. The van der Waals surface area contributed by atoms with Crippen molar-refractivity contribution < 1.29 is 0 Å². The van der Waals surface area contributed by atoms with Crippen LogP contribution in [-0.2, 0) is 0 Å². The number of rotatable bonds is 5. The average molecular weight is 604 g/mol. The van der Waals surface area contributed by atoms with Crippen LogP contribution in [0.25, 0.3) is 64.0 Å². The van der Waals surface area contributed by atoms with Gasteiger partial charge in [-0.15, -0.1) is 11.3 Å². The zero-order valence-electron chi connectivity index (χ0n) is 25.1. The molecule has 1 aromatic heterocycles. The minimum Gasteiger partial charge on any atom is -0.310 e. The number of hydrogen-bond acceptors (Lipinski definition) is 2. The van der Waals surface area contributed by atoms with Crippen LogP contribution < -0.4 is 4.90 Å². The zero-order chi connectivity index (χ0) is 30.5. The van der Waals surface area contributed by atoms with Crippen molar-refractivity contribution in [3.05, 3.63) is 176 Å². The van der Waals surface area contributed by atoms with Crippen LogP contribution in [0.5, 0.6) is 0 Å². The standard InChI is InChI=1S/C44H29NS/c1-2-10-30(11-3-1)32-22-24-36(25-23-32)45(37-15-8-14-34(29-37)35-21-20-31-12-4-5-13-33(31)28-35)42-18-9-17-40-38(42)26-27-41-39-16-6-7-19-43(39)46-44(40)41/h1-29H. The highest BCUT2D eigenvalue weighted by Gasteiger charge is 2.18. The van der Waals surface area contributed by atoms with Gasteiger partial charge in [0, 0.05) is 42.3 Å². The van der Waals surface area contributed by atoms with Crippen LogP contribution in [0.1, 0.15) is 0 Å². The predicted molar refractivity (Wildman–Crippen MR) is 200 cm³/mol.